The molecule has 1 heterocycles. The molecular weight excluding hydrogens is 294 g/mol. The monoisotopic (exact) mass is 315 g/mol. The fourth-order valence-corrected chi connectivity index (χ4v) is 3.62. The molecule has 0 aromatic heterocycles. The first-order valence-corrected chi connectivity index (χ1v) is 8.13. The first-order valence-electron chi connectivity index (χ1n) is 7.25. The third kappa shape index (κ3) is 4.93. The summed E-state index contributed by atoms with van der Waals surface area (Å²) in [6, 6.07) is 0. The molecule has 21 heavy (non-hydrogen) atoms. The highest BCUT2D eigenvalue weighted by atomic mass is 32.2. The lowest BCUT2D eigenvalue weighted by atomic mass is 9.84. The van der Waals surface area contributed by atoms with Gasteiger partial charge in [0.05, 0.1) is 11.9 Å². The first kappa shape index (κ1) is 16.2. The largest absolute Gasteiger partial charge is 0.460 e. The molecule has 2 amide bonds. The average molecular weight is 315 g/mol. The van der Waals surface area contributed by atoms with Crippen LogP contribution in [0.2, 0.25) is 0 Å². The molecule has 1 aliphatic carbocycles. The van der Waals surface area contributed by atoms with E-state index in [0.717, 1.165) is 43.9 Å². The Morgan fingerprint density at radius 2 is 2.05 bits per heavy atom. The van der Waals surface area contributed by atoms with Crippen molar-refractivity contribution in [2.75, 3.05) is 6.61 Å². The lowest BCUT2D eigenvalue weighted by Gasteiger charge is -2.29. The van der Waals surface area contributed by atoms with Crippen LogP contribution in [0.1, 0.15) is 39.0 Å². The number of thioether (sulfide) groups is 1. The fraction of sp³-hybridized carbons (Fsp3) is 0.714. The molecule has 0 bridgehead atoms. The number of hydrogen-bond donors (Lipinski definition) is 1. The summed E-state index contributed by atoms with van der Waals surface area (Å²) in [6.07, 6.45) is 4.58. The summed E-state index contributed by atoms with van der Waals surface area (Å²) < 4.78 is 5.57. The van der Waals surface area contributed by atoms with E-state index in [-0.39, 0.29) is 28.4 Å². The molecule has 1 atom stereocenters. The van der Waals surface area contributed by atoms with Crippen molar-refractivity contribution in [1.29, 1.82) is 0 Å². The zero-order valence-corrected chi connectivity index (χ0v) is 12.9. The summed E-state index contributed by atoms with van der Waals surface area (Å²) in [7, 11) is 0. The summed E-state index contributed by atoms with van der Waals surface area (Å²) in [6.45, 7) is 5.90. The normalized spacial score (nSPS) is 29.1. The molecule has 0 aromatic carbocycles. The maximum atomic E-state index is 11.5. The van der Waals surface area contributed by atoms with Crippen molar-refractivity contribution < 1.29 is 24.1 Å². The van der Waals surface area contributed by atoms with E-state index in [4.69, 9.17) is 14.5 Å². The molecule has 118 valence electrons. The number of ether oxygens (including phenoxy) is 1. The average Bonchev–Trinajstić information content (AvgIpc) is 2.77. The van der Waals surface area contributed by atoms with Crippen molar-refractivity contribution >= 4 is 22.9 Å². The highest BCUT2D eigenvalue weighted by molar-refractivity contribution is 8.15. The van der Waals surface area contributed by atoms with Gasteiger partial charge in [-0.05, 0) is 51.5 Å². The highest BCUT2D eigenvalue weighted by Crippen LogP contribution is 2.34. The van der Waals surface area contributed by atoms with E-state index in [1.807, 2.05) is 6.92 Å². The van der Waals surface area contributed by atoms with Gasteiger partial charge in [0.2, 0.25) is 5.91 Å². The summed E-state index contributed by atoms with van der Waals surface area (Å²) in [4.78, 5) is 32.3. The van der Waals surface area contributed by atoms with Crippen LogP contribution < -0.4 is 5.32 Å². The molecule has 2 aliphatic rings. The SMILES string of the molecule is C=C(OOCC)OC1CCC(CC2SC(=O)NC2=O)CC1. The predicted molar refractivity (Wildman–Crippen MR) is 78.2 cm³/mol. The van der Waals surface area contributed by atoms with Crippen molar-refractivity contribution in [3.05, 3.63) is 12.5 Å². The minimum Gasteiger partial charge on any atom is -0.460 e. The van der Waals surface area contributed by atoms with Gasteiger partial charge >= 0.3 is 5.95 Å². The molecule has 1 unspecified atom stereocenters. The van der Waals surface area contributed by atoms with E-state index in [1.54, 1.807) is 0 Å². The number of nitrogens with one attached hydrogen (secondary N) is 1. The van der Waals surface area contributed by atoms with Gasteiger partial charge in [-0.15, -0.1) is 0 Å². The van der Waals surface area contributed by atoms with Gasteiger partial charge in [0.25, 0.3) is 5.24 Å². The molecule has 1 saturated heterocycles. The molecular formula is C14H21NO5S. The Morgan fingerprint density at radius 1 is 1.33 bits per heavy atom. The van der Waals surface area contributed by atoms with Crippen molar-refractivity contribution in [1.82, 2.24) is 5.32 Å². The summed E-state index contributed by atoms with van der Waals surface area (Å²) in [5, 5.41) is 1.87. The number of imide groups is 1. The Kier molecular flexibility index (Phi) is 5.93. The van der Waals surface area contributed by atoms with Gasteiger partial charge in [-0.1, -0.05) is 11.8 Å². The zero-order chi connectivity index (χ0) is 15.2. The Morgan fingerprint density at radius 3 is 2.62 bits per heavy atom. The van der Waals surface area contributed by atoms with Crippen molar-refractivity contribution in [2.24, 2.45) is 5.92 Å². The topological polar surface area (TPSA) is 73.9 Å². The van der Waals surface area contributed by atoms with Gasteiger partial charge in [-0.2, -0.15) is 4.89 Å². The van der Waals surface area contributed by atoms with E-state index < -0.39 is 0 Å². The van der Waals surface area contributed by atoms with Crippen LogP contribution in [-0.4, -0.2) is 29.1 Å². The number of carbonyl (C=O) groups excluding carboxylic acids is 2. The number of carbonyl (C=O) groups is 2. The summed E-state index contributed by atoms with van der Waals surface area (Å²) in [5.74, 6) is 0.499. The second-order valence-corrected chi connectivity index (χ2v) is 6.42. The maximum Gasteiger partial charge on any atom is 0.309 e. The lowest BCUT2D eigenvalue weighted by molar-refractivity contribution is -0.294. The minimum atomic E-state index is -0.230. The second-order valence-electron chi connectivity index (χ2n) is 5.24. The van der Waals surface area contributed by atoms with Gasteiger partial charge < -0.3 is 4.74 Å². The quantitative estimate of drug-likeness (QED) is 0.442. The molecule has 2 rings (SSSR count). The Hall–Kier alpha value is -1.21. The molecule has 1 N–H and O–H groups in total. The smallest absolute Gasteiger partial charge is 0.309 e. The van der Waals surface area contributed by atoms with Gasteiger partial charge in [0, 0.05) is 0 Å². The molecule has 6 nitrogen and oxygen atoms in total. The molecule has 2 fully saturated rings. The van der Waals surface area contributed by atoms with Crippen LogP contribution in [0.15, 0.2) is 12.5 Å². The van der Waals surface area contributed by atoms with E-state index in [1.165, 1.54) is 0 Å². The van der Waals surface area contributed by atoms with E-state index >= 15 is 0 Å². The summed E-state index contributed by atoms with van der Waals surface area (Å²) in [5.41, 5.74) is 0. The number of rotatable bonds is 7. The van der Waals surface area contributed by atoms with Crippen molar-refractivity contribution in [2.45, 2.75) is 50.4 Å². The Labute approximate surface area is 128 Å². The van der Waals surface area contributed by atoms with Crippen molar-refractivity contribution in [3.8, 4) is 0 Å². The van der Waals surface area contributed by atoms with Crippen LogP contribution in [0.3, 0.4) is 0 Å². The predicted octanol–water partition coefficient (Wildman–Crippen LogP) is 2.74. The Bertz CT molecular complexity index is 406. The molecule has 7 heteroatoms. The second kappa shape index (κ2) is 7.70. The fourth-order valence-electron chi connectivity index (χ4n) is 2.67. The van der Waals surface area contributed by atoms with Gasteiger partial charge in [0.1, 0.15) is 6.10 Å². The lowest BCUT2D eigenvalue weighted by Crippen LogP contribution is -2.28. The van der Waals surface area contributed by atoms with Crippen molar-refractivity contribution in [3.63, 3.8) is 0 Å². The number of hydrogen-bond acceptors (Lipinski definition) is 6. The van der Waals surface area contributed by atoms with Gasteiger partial charge in [-0.25, -0.2) is 0 Å². The van der Waals surface area contributed by atoms with E-state index in [2.05, 4.69) is 11.9 Å². The third-order valence-corrected chi connectivity index (χ3v) is 4.68. The van der Waals surface area contributed by atoms with Crippen LogP contribution >= 0.6 is 11.8 Å². The maximum absolute atomic E-state index is 11.5. The zero-order valence-electron chi connectivity index (χ0n) is 12.1. The van der Waals surface area contributed by atoms with E-state index in [9.17, 15) is 9.59 Å². The van der Waals surface area contributed by atoms with Gasteiger partial charge in [0.15, 0.2) is 0 Å². The van der Waals surface area contributed by atoms with E-state index in [0.29, 0.717) is 12.5 Å². The molecule has 0 radical (unpaired) electrons. The first-order chi connectivity index (χ1) is 10.1. The molecule has 0 spiro atoms. The molecule has 1 saturated carbocycles. The van der Waals surface area contributed by atoms with Gasteiger partial charge in [-0.3, -0.25) is 19.8 Å². The van der Waals surface area contributed by atoms with Crippen LogP contribution in [0.25, 0.3) is 0 Å². The molecule has 1 aliphatic heterocycles. The minimum absolute atomic E-state index is 0.0842. The van der Waals surface area contributed by atoms with Crippen LogP contribution in [0, 0.1) is 5.92 Å². The number of amides is 2. The van der Waals surface area contributed by atoms with Crippen LogP contribution in [0.4, 0.5) is 4.79 Å². The van der Waals surface area contributed by atoms with Crippen LogP contribution in [-0.2, 0) is 19.3 Å². The third-order valence-electron chi connectivity index (χ3n) is 3.68. The standard InChI is InChI=1S/C14H21NO5S/c1-3-18-20-9(2)19-11-6-4-10(5-7-11)8-12-13(16)15-14(17)21-12/h10-12H,2-8H2,1H3,(H,15,16,17). The van der Waals surface area contributed by atoms with Crippen LogP contribution in [0.5, 0.6) is 0 Å². The summed E-state index contributed by atoms with van der Waals surface area (Å²) >= 11 is 1.11. The highest BCUT2D eigenvalue weighted by Gasteiger charge is 2.34. The Balaban J connectivity index is 1.67. The molecule has 0 aromatic rings.